The number of fused-ring (bicyclic) bond motifs is 1. The predicted octanol–water partition coefficient (Wildman–Crippen LogP) is 2.33. The standard InChI is InChI=1S/C19H32ClN5O4/c1-18(2,3)28-16(26)23-7-8-24-12(10-23)11-25(17(27)29-19(4,5)6)15(22)13(24)9-14(20)21/h9,12H,7-8,10-11,21-22H2,1-6H3/b14-9-. The van der Waals surface area contributed by atoms with Gasteiger partial charge in [0.05, 0.1) is 18.3 Å². The summed E-state index contributed by atoms with van der Waals surface area (Å²) in [5, 5.41) is 0.0438. The predicted molar refractivity (Wildman–Crippen MR) is 111 cm³/mol. The minimum atomic E-state index is -0.675. The van der Waals surface area contributed by atoms with E-state index in [2.05, 4.69) is 0 Å². The van der Waals surface area contributed by atoms with Gasteiger partial charge in [0.25, 0.3) is 0 Å². The van der Waals surface area contributed by atoms with E-state index >= 15 is 0 Å². The van der Waals surface area contributed by atoms with Gasteiger partial charge >= 0.3 is 12.2 Å². The Morgan fingerprint density at radius 1 is 1.03 bits per heavy atom. The van der Waals surface area contributed by atoms with Crippen molar-refractivity contribution >= 4 is 23.8 Å². The molecule has 0 radical (unpaired) electrons. The molecule has 1 unspecified atom stereocenters. The molecule has 0 aromatic rings. The van der Waals surface area contributed by atoms with Gasteiger partial charge in [-0.2, -0.15) is 0 Å². The number of piperazine rings is 1. The fraction of sp³-hybridized carbons (Fsp3) is 0.684. The van der Waals surface area contributed by atoms with Crippen molar-refractivity contribution in [1.29, 1.82) is 0 Å². The van der Waals surface area contributed by atoms with Crippen molar-refractivity contribution in [2.45, 2.75) is 58.8 Å². The van der Waals surface area contributed by atoms with Gasteiger partial charge in [0.2, 0.25) is 0 Å². The van der Waals surface area contributed by atoms with Crippen molar-refractivity contribution in [3.8, 4) is 0 Å². The van der Waals surface area contributed by atoms with Crippen LogP contribution in [0, 0.1) is 0 Å². The van der Waals surface area contributed by atoms with Crippen LogP contribution < -0.4 is 11.5 Å². The van der Waals surface area contributed by atoms with Crippen molar-refractivity contribution in [3.63, 3.8) is 0 Å². The Morgan fingerprint density at radius 2 is 1.59 bits per heavy atom. The minimum Gasteiger partial charge on any atom is -0.444 e. The maximum Gasteiger partial charge on any atom is 0.416 e. The number of allylic oxidation sites excluding steroid dienone is 1. The Kier molecular flexibility index (Phi) is 6.51. The Hall–Kier alpha value is -2.29. The van der Waals surface area contributed by atoms with Crippen LogP contribution in [-0.4, -0.2) is 70.3 Å². The molecule has 0 aromatic heterocycles. The van der Waals surface area contributed by atoms with Gasteiger partial charge in [-0.25, -0.2) is 9.59 Å². The van der Waals surface area contributed by atoms with Crippen LogP contribution in [0.5, 0.6) is 0 Å². The van der Waals surface area contributed by atoms with Crippen LogP contribution in [0.2, 0.25) is 0 Å². The monoisotopic (exact) mass is 429 g/mol. The SMILES string of the molecule is CC(C)(C)OC(=O)N1CCN2C(/C=C(\N)Cl)=C(N)N(C(=O)OC(C)(C)C)CC2C1. The molecule has 4 N–H and O–H groups in total. The molecule has 164 valence electrons. The van der Waals surface area contributed by atoms with Crippen molar-refractivity contribution in [2.24, 2.45) is 11.5 Å². The lowest BCUT2D eigenvalue weighted by molar-refractivity contribution is -0.00351. The third-order valence-corrected chi connectivity index (χ3v) is 4.39. The lowest BCUT2D eigenvalue weighted by Gasteiger charge is -2.48. The summed E-state index contributed by atoms with van der Waals surface area (Å²) in [7, 11) is 0. The smallest absolute Gasteiger partial charge is 0.416 e. The number of hydrogen-bond acceptors (Lipinski definition) is 7. The molecule has 0 spiro atoms. The fourth-order valence-corrected chi connectivity index (χ4v) is 3.30. The summed E-state index contributed by atoms with van der Waals surface area (Å²) in [6.45, 7) is 12.4. The molecule has 2 rings (SSSR count). The second-order valence-corrected chi connectivity index (χ2v) is 9.60. The van der Waals surface area contributed by atoms with Crippen LogP contribution in [0.4, 0.5) is 9.59 Å². The van der Waals surface area contributed by atoms with E-state index < -0.39 is 23.4 Å². The fourth-order valence-electron chi connectivity index (χ4n) is 3.19. The highest BCUT2D eigenvalue weighted by Crippen LogP contribution is 2.28. The highest BCUT2D eigenvalue weighted by molar-refractivity contribution is 6.29. The number of hydrogen-bond donors (Lipinski definition) is 2. The first kappa shape index (κ1) is 23.0. The number of carbonyl (C=O) groups is 2. The molecule has 1 fully saturated rings. The van der Waals surface area contributed by atoms with Gasteiger partial charge < -0.3 is 30.7 Å². The van der Waals surface area contributed by atoms with Gasteiger partial charge in [0.1, 0.15) is 22.2 Å². The Bertz CT molecular complexity index is 719. The van der Waals surface area contributed by atoms with Crippen LogP contribution in [0.25, 0.3) is 0 Å². The van der Waals surface area contributed by atoms with Gasteiger partial charge in [-0.15, -0.1) is 0 Å². The summed E-state index contributed by atoms with van der Waals surface area (Å²) >= 11 is 5.90. The molecule has 29 heavy (non-hydrogen) atoms. The zero-order valence-electron chi connectivity index (χ0n) is 18.0. The summed E-state index contributed by atoms with van der Waals surface area (Å²) < 4.78 is 11.0. The quantitative estimate of drug-likeness (QED) is 0.614. The van der Waals surface area contributed by atoms with Crippen molar-refractivity contribution in [3.05, 3.63) is 22.8 Å². The number of halogens is 1. The second-order valence-electron chi connectivity index (χ2n) is 9.16. The minimum absolute atomic E-state index is 0.0438. The normalized spacial score (nSPS) is 21.1. The van der Waals surface area contributed by atoms with Crippen LogP contribution in [0.1, 0.15) is 41.5 Å². The van der Waals surface area contributed by atoms with Crippen LogP contribution >= 0.6 is 11.6 Å². The van der Waals surface area contributed by atoms with Gasteiger partial charge in [0, 0.05) is 19.6 Å². The first-order valence-corrected chi connectivity index (χ1v) is 9.93. The first-order chi connectivity index (χ1) is 13.2. The number of amides is 2. The van der Waals surface area contributed by atoms with E-state index in [-0.39, 0.29) is 23.6 Å². The Labute approximate surface area is 177 Å². The van der Waals surface area contributed by atoms with Gasteiger partial charge in [0.15, 0.2) is 0 Å². The van der Waals surface area contributed by atoms with E-state index in [1.165, 1.54) is 11.0 Å². The van der Waals surface area contributed by atoms with Crippen LogP contribution in [-0.2, 0) is 9.47 Å². The summed E-state index contributed by atoms with van der Waals surface area (Å²) in [6, 6.07) is -0.210. The zero-order valence-corrected chi connectivity index (χ0v) is 18.7. The highest BCUT2D eigenvalue weighted by Gasteiger charge is 2.40. The molecule has 0 saturated carbocycles. The molecule has 2 aliphatic rings. The summed E-state index contributed by atoms with van der Waals surface area (Å²) in [6.07, 6.45) is 0.560. The molecule has 2 heterocycles. The first-order valence-electron chi connectivity index (χ1n) is 9.55. The van der Waals surface area contributed by atoms with Crippen molar-refractivity contribution in [1.82, 2.24) is 14.7 Å². The maximum atomic E-state index is 12.7. The van der Waals surface area contributed by atoms with E-state index in [1.807, 2.05) is 25.7 Å². The van der Waals surface area contributed by atoms with E-state index in [4.69, 9.17) is 32.5 Å². The third kappa shape index (κ3) is 6.09. The molecule has 1 saturated heterocycles. The number of carbonyl (C=O) groups excluding carboxylic acids is 2. The number of ether oxygens (including phenoxy) is 2. The number of nitrogens with two attached hydrogens (primary N) is 2. The van der Waals surface area contributed by atoms with Gasteiger partial charge in [-0.1, -0.05) is 11.6 Å². The Balaban J connectivity index is 2.29. The second kappa shape index (κ2) is 8.22. The topological polar surface area (TPSA) is 114 Å². The lowest BCUT2D eigenvalue weighted by Crippen LogP contribution is -2.62. The molecule has 0 aliphatic carbocycles. The van der Waals surface area contributed by atoms with E-state index in [1.54, 1.807) is 25.7 Å². The van der Waals surface area contributed by atoms with E-state index in [0.717, 1.165) is 0 Å². The molecule has 2 amide bonds. The average Bonchev–Trinajstić information content (AvgIpc) is 2.53. The third-order valence-electron chi connectivity index (χ3n) is 4.28. The number of rotatable bonds is 1. The molecule has 1 atom stereocenters. The molecular weight excluding hydrogens is 398 g/mol. The highest BCUT2D eigenvalue weighted by atomic mass is 35.5. The Morgan fingerprint density at radius 3 is 2.10 bits per heavy atom. The van der Waals surface area contributed by atoms with Crippen molar-refractivity contribution < 1.29 is 19.1 Å². The van der Waals surface area contributed by atoms with Gasteiger partial charge in [-0.3, -0.25) is 4.90 Å². The molecule has 2 aliphatic heterocycles. The van der Waals surface area contributed by atoms with Crippen LogP contribution in [0.15, 0.2) is 22.8 Å². The van der Waals surface area contributed by atoms with Crippen molar-refractivity contribution in [2.75, 3.05) is 26.2 Å². The molecule has 0 bridgehead atoms. The maximum absolute atomic E-state index is 12.7. The van der Waals surface area contributed by atoms with Gasteiger partial charge in [-0.05, 0) is 47.6 Å². The zero-order chi connectivity index (χ0) is 22.1. The molecule has 9 nitrogen and oxygen atoms in total. The summed E-state index contributed by atoms with van der Waals surface area (Å²) in [5.74, 6) is 0.213. The lowest BCUT2D eigenvalue weighted by atomic mass is 10.1. The molecule has 10 heteroatoms. The molecule has 0 aromatic carbocycles. The average molecular weight is 430 g/mol. The van der Waals surface area contributed by atoms with E-state index in [9.17, 15) is 9.59 Å². The van der Waals surface area contributed by atoms with Crippen LogP contribution in [0.3, 0.4) is 0 Å². The summed E-state index contributed by atoms with van der Waals surface area (Å²) in [5.41, 5.74) is 11.2. The largest absolute Gasteiger partial charge is 0.444 e. The number of nitrogens with zero attached hydrogens (tertiary/aromatic N) is 3. The molecular formula is C19H32ClN5O4. The summed E-state index contributed by atoms with van der Waals surface area (Å²) in [4.78, 5) is 30.2. The van der Waals surface area contributed by atoms with E-state index in [0.29, 0.717) is 25.3 Å².